The number of hydrogen-bond acceptors (Lipinski definition) is 7. The molecule has 2 aliphatic rings. The predicted molar refractivity (Wildman–Crippen MR) is 124 cm³/mol. The average Bonchev–Trinajstić information content (AvgIpc) is 3.28. The lowest BCUT2D eigenvalue weighted by molar-refractivity contribution is 0.102. The van der Waals surface area contributed by atoms with Crippen molar-refractivity contribution in [2.45, 2.75) is 13.1 Å². The number of nitrogens with one attached hydrogen (secondary N) is 2. The topological polar surface area (TPSA) is 82.6 Å². The minimum Gasteiger partial charge on any atom is -0.497 e. The van der Waals surface area contributed by atoms with Crippen molar-refractivity contribution >= 4 is 23.1 Å². The lowest BCUT2D eigenvalue weighted by Gasteiger charge is -2.30. The molecule has 164 valence electrons. The molecule has 5 rings (SSSR count). The molecule has 8 nitrogen and oxygen atoms in total. The number of pyridine rings is 2. The van der Waals surface area contributed by atoms with Gasteiger partial charge in [-0.1, -0.05) is 12.1 Å². The molecule has 1 fully saturated rings. The first kappa shape index (κ1) is 20.3. The van der Waals surface area contributed by atoms with E-state index in [1.165, 1.54) is 11.1 Å². The monoisotopic (exact) mass is 430 g/mol. The number of rotatable bonds is 5. The van der Waals surface area contributed by atoms with Crippen LogP contribution < -0.4 is 25.2 Å². The van der Waals surface area contributed by atoms with Crippen LogP contribution in [-0.2, 0) is 13.1 Å². The molecular formula is C24H26N6O2. The van der Waals surface area contributed by atoms with E-state index in [0.717, 1.165) is 56.5 Å². The maximum atomic E-state index is 13.1. The van der Waals surface area contributed by atoms with Crippen LogP contribution in [0.5, 0.6) is 5.75 Å². The molecule has 2 aliphatic heterocycles. The van der Waals surface area contributed by atoms with Gasteiger partial charge >= 0.3 is 0 Å². The third kappa shape index (κ3) is 4.09. The van der Waals surface area contributed by atoms with Crippen LogP contribution in [0.25, 0.3) is 0 Å². The molecule has 3 aromatic rings. The molecule has 0 spiro atoms. The van der Waals surface area contributed by atoms with E-state index in [4.69, 9.17) is 4.74 Å². The smallest absolute Gasteiger partial charge is 0.274 e. The van der Waals surface area contributed by atoms with E-state index in [9.17, 15) is 4.79 Å². The van der Waals surface area contributed by atoms with E-state index in [1.54, 1.807) is 25.6 Å². The Morgan fingerprint density at radius 3 is 2.75 bits per heavy atom. The van der Waals surface area contributed by atoms with Crippen molar-refractivity contribution in [1.82, 2.24) is 15.3 Å². The Hall–Kier alpha value is -3.65. The number of nitrogens with zero attached hydrogens (tertiary/aromatic N) is 4. The highest BCUT2D eigenvalue weighted by molar-refractivity contribution is 6.04. The molecule has 0 atom stereocenters. The number of methoxy groups -OCH3 is 1. The van der Waals surface area contributed by atoms with Crippen LogP contribution in [0.3, 0.4) is 0 Å². The summed E-state index contributed by atoms with van der Waals surface area (Å²) in [4.78, 5) is 26.3. The van der Waals surface area contributed by atoms with E-state index >= 15 is 0 Å². The molecule has 0 saturated carbocycles. The maximum Gasteiger partial charge on any atom is 0.274 e. The van der Waals surface area contributed by atoms with Crippen LogP contribution in [-0.4, -0.2) is 49.2 Å². The van der Waals surface area contributed by atoms with Crippen molar-refractivity contribution in [3.63, 3.8) is 0 Å². The van der Waals surface area contributed by atoms with Crippen molar-refractivity contribution in [3.05, 3.63) is 71.7 Å². The van der Waals surface area contributed by atoms with Crippen molar-refractivity contribution in [2.24, 2.45) is 0 Å². The molecule has 0 radical (unpaired) electrons. The molecule has 8 heteroatoms. The second-order valence-electron chi connectivity index (χ2n) is 7.96. The first-order valence-corrected chi connectivity index (χ1v) is 10.8. The van der Waals surface area contributed by atoms with Gasteiger partial charge in [-0.15, -0.1) is 0 Å². The number of piperazine rings is 1. The van der Waals surface area contributed by atoms with E-state index in [-0.39, 0.29) is 5.91 Å². The second-order valence-corrected chi connectivity index (χ2v) is 7.96. The Morgan fingerprint density at radius 2 is 1.91 bits per heavy atom. The highest BCUT2D eigenvalue weighted by Crippen LogP contribution is 2.30. The largest absolute Gasteiger partial charge is 0.497 e. The fourth-order valence-electron chi connectivity index (χ4n) is 4.24. The molecule has 1 aromatic carbocycles. The van der Waals surface area contributed by atoms with Gasteiger partial charge in [0.15, 0.2) is 0 Å². The minimum absolute atomic E-state index is 0.241. The van der Waals surface area contributed by atoms with Crippen LogP contribution in [0.2, 0.25) is 0 Å². The zero-order chi connectivity index (χ0) is 21.9. The lowest BCUT2D eigenvalue weighted by Crippen LogP contribution is -2.43. The third-order valence-electron chi connectivity index (χ3n) is 5.93. The number of anilines is 3. The van der Waals surface area contributed by atoms with Gasteiger partial charge in [0.2, 0.25) is 0 Å². The van der Waals surface area contributed by atoms with Crippen LogP contribution in [0, 0.1) is 0 Å². The number of amides is 1. The standard InChI is InChI=1S/C24H26N6O2/c1-32-19-6-5-17-15-30(16-18(17)13-19)23-4-2-3-20(27-23)24(31)28-21-14-26-8-7-22(21)29-11-9-25-10-12-29/h2-8,13-14,25H,9-12,15-16H2,1H3,(H,28,31). The number of fused-ring (bicyclic) bond motifs is 1. The summed E-state index contributed by atoms with van der Waals surface area (Å²) in [6.45, 7) is 5.11. The zero-order valence-corrected chi connectivity index (χ0v) is 18.0. The number of carbonyl (C=O) groups excluding carboxylic acids is 1. The molecule has 4 heterocycles. The van der Waals surface area contributed by atoms with Gasteiger partial charge in [-0.2, -0.15) is 0 Å². The molecule has 1 saturated heterocycles. The van der Waals surface area contributed by atoms with Gasteiger partial charge in [-0.3, -0.25) is 9.78 Å². The number of benzene rings is 1. The normalized spacial score (nSPS) is 15.4. The Balaban J connectivity index is 1.33. The van der Waals surface area contributed by atoms with Gasteiger partial charge in [0.25, 0.3) is 5.91 Å². The fraction of sp³-hybridized carbons (Fsp3) is 0.292. The third-order valence-corrected chi connectivity index (χ3v) is 5.93. The molecule has 2 aromatic heterocycles. The lowest BCUT2D eigenvalue weighted by atomic mass is 10.1. The van der Waals surface area contributed by atoms with E-state index in [1.807, 2.05) is 24.3 Å². The number of ether oxygens (including phenoxy) is 1. The van der Waals surface area contributed by atoms with Crippen LogP contribution in [0.15, 0.2) is 54.9 Å². The van der Waals surface area contributed by atoms with Gasteiger partial charge in [-0.25, -0.2) is 4.98 Å². The second kappa shape index (κ2) is 8.84. The van der Waals surface area contributed by atoms with Crippen molar-refractivity contribution < 1.29 is 9.53 Å². The van der Waals surface area contributed by atoms with Gasteiger partial charge in [0.1, 0.15) is 17.3 Å². The number of carbonyl (C=O) groups is 1. The van der Waals surface area contributed by atoms with E-state index in [0.29, 0.717) is 11.4 Å². The van der Waals surface area contributed by atoms with Gasteiger partial charge in [0.05, 0.1) is 24.7 Å². The zero-order valence-electron chi connectivity index (χ0n) is 18.0. The van der Waals surface area contributed by atoms with E-state index < -0.39 is 0 Å². The minimum atomic E-state index is -0.241. The van der Waals surface area contributed by atoms with Crippen LogP contribution in [0.4, 0.5) is 17.2 Å². The SMILES string of the molecule is COc1ccc2c(c1)CN(c1cccc(C(=O)Nc3cnccc3N3CCNCC3)n1)C2. The van der Waals surface area contributed by atoms with Crippen LogP contribution >= 0.6 is 0 Å². The molecule has 0 unspecified atom stereocenters. The summed E-state index contributed by atoms with van der Waals surface area (Å²) in [5, 5.41) is 6.36. The van der Waals surface area contributed by atoms with Gasteiger partial charge < -0.3 is 25.2 Å². The Labute approximate surface area is 187 Å². The summed E-state index contributed by atoms with van der Waals surface area (Å²) >= 11 is 0. The van der Waals surface area contributed by atoms with Gasteiger partial charge in [0, 0.05) is 45.5 Å². The molecule has 0 aliphatic carbocycles. The molecule has 1 amide bonds. The average molecular weight is 431 g/mol. The van der Waals surface area contributed by atoms with Crippen molar-refractivity contribution in [1.29, 1.82) is 0 Å². The highest BCUT2D eigenvalue weighted by Gasteiger charge is 2.22. The van der Waals surface area contributed by atoms with Crippen molar-refractivity contribution in [2.75, 3.05) is 48.4 Å². The summed E-state index contributed by atoms with van der Waals surface area (Å²) in [6.07, 6.45) is 3.45. The molecule has 0 bridgehead atoms. The quantitative estimate of drug-likeness (QED) is 0.644. The molecule has 2 N–H and O–H groups in total. The summed E-state index contributed by atoms with van der Waals surface area (Å²) in [5.74, 6) is 1.39. The summed E-state index contributed by atoms with van der Waals surface area (Å²) in [6, 6.07) is 13.6. The Morgan fingerprint density at radius 1 is 1.06 bits per heavy atom. The highest BCUT2D eigenvalue weighted by atomic mass is 16.5. The fourth-order valence-corrected chi connectivity index (χ4v) is 4.24. The summed E-state index contributed by atoms with van der Waals surface area (Å²) < 4.78 is 5.34. The summed E-state index contributed by atoms with van der Waals surface area (Å²) in [5.41, 5.74) is 4.53. The van der Waals surface area contributed by atoms with Crippen molar-refractivity contribution in [3.8, 4) is 5.75 Å². The predicted octanol–water partition coefficient (Wildman–Crippen LogP) is 2.67. The van der Waals surface area contributed by atoms with Gasteiger partial charge in [-0.05, 0) is 41.5 Å². The van der Waals surface area contributed by atoms with E-state index in [2.05, 4.69) is 42.5 Å². The summed E-state index contributed by atoms with van der Waals surface area (Å²) in [7, 11) is 1.67. The maximum absolute atomic E-state index is 13.1. The van der Waals surface area contributed by atoms with Crippen LogP contribution in [0.1, 0.15) is 21.6 Å². The Kier molecular flexibility index (Phi) is 5.60. The first-order chi connectivity index (χ1) is 15.7. The number of hydrogen-bond donors (Lipinski definition) is 2. The first-order valence-electron chi connectivity index (χ1n) is 10.8. The molecule has 32 heavy (non-hydrogen) atoms. The Bertz CT molecular complexity index is 1130. The molecular weight excluding hydrogens is 404 g/mol. The number of aromatic nitrogens is 2.